The van der Waals surface area contributed by atoms with E-state index in [0.717, 1.165) is 36.1 Å². The summed E-state index contributed by atoms with van der Waals surface area (Å²) in [5.41, 5.74) is 2.75. The van der Waals surface area contributed by atoms with Crippen LogP contribution in [-0.4, -0.2) is 34.0 Å². The van der Waals surface area contributed by atoms with Crippen molar-refractivity contribution in [2.24, 2.45) is 0 Å². The number of aromatic hydroxyl groups is 1. The molecule has 0 aliphatic rings. The third-order valence-electron chi connectivity index (χ3n) is 6.15. The zero-order chi connectivity index (χ0) is 26.9. The van der Waals surface area contributed by atoms with Gasteiger partial charge in [-0.25, -0.2) is 4.79 Å². The first-order valence-corrected chi connectivity index (χ1v) is 12.9. The number of benzene rings is 3. The van der Waals surface area contributed by atoms with Crippen molar-refractivity contribution in [1.29, 1.82) is 0 Å². The van der Waals surface area contributed by atoms with Gasteiger partial charge in [0, 0.05) is 30.4 Å². The Balaban J connectivity index is 1.39. The molecule has 198 valence electrons. The van der Waals surface area contributed by atoms with Crippen LogP contribution < -0.4 is 14.2 Å². The van der Waals surface area contributed by atoms with Crippen LogP contribution in [0.15, 0.2) is 79.1 Å². The van der Waals surface area contributed by atoms with Gasteiger partial charge in [0.15, 0.2) is 0 Å². The van der Waals surface area contributed by atoms with E-state index >= 15 is 0 Å². The summed E-state index contributed by atoms with van der Waals surface area (Å²) in [6, 6.07) is 19.6. The van der Waals surface area contributed by atoms with E-state index in [0.29, 0.717) is 42.6 Å². The minimum atomic E-state index is -1.04. The molecule has 0 amide bonds. The number of rotatable bonds is 13. The molecule has 0 saturated heterocycles. The Bertz CT molecular complexity index is 1360. The first kappa shape index (κ1) is 26.7. The summed E-state index contributed by atoms with van der Waals surface area (Å²) in [4.78, 5) is 11.6. The van der Waals surface area contributed by atoms with Gasteiger partial charge in [-0.05, 0) is 60.9 Å². The van der Waals surface area contributed by atoms with E-state index in [1.165, 1.54) is 6.07 Å². The van der Waals surface area contributed by atoms with Crippen molar-refractivity contribution in [3.8, 4) is 34.4 Å². The molecule has 0 radical (unpaired) electrons. The summed E-state index contributed by atoms with van der Waals surface area (Å²) in [7, 11) is 0. The third kappa shape index (κ3) is 6.29. The summed E-state index contributed by atoms with van der Waals surface area (Å²) in [5.74, 6) is 1.38. The van der Waals surface area contributed by atoms with Gasteiger partial charge < -0.3 is 29.0 Å². The van der Waals surface area contributed by atoms with Gasteiger partial charge in [-0.15, -0.1) is 0 Å². The molecule has 1 heterocycles. The van der Waals surface area contributed by atoms with E-state index in [1.54, 1.807) is 24.3 Å². The lowest BCUT2D eigenvalue weighted by Gasteiger charge is -2.17. The number of aromatic carboxylic acids is 1. The molecule has 7 nitrogen and oxygen atoms in total. The van der Waals surface area contributed by atoms with Crippen LogP contribution in [0.4, 0.5) is 0 Å². The Kier molecular flexibility index (Phi) is 8.93. The largest absolute Gasteiger partial charge is 0.506 e. The van der Waals surface area contributed by atoms with Crippen molar-refractivity contribution in [3.05, 3.63) is 95.8 Å². The molecule has 7 heteroatoms. The molecule has 0 saturated carbocycles. The van der Waals surface area contributed by atoms with Crippen LogP contribution in [0, 0.1) is 0 Å². The lowest BCUT2D eigenvalue weighted by atomic mass is 10.1. The predicted molar refractivity (Wildman–Crippen MR) is 146 cm³/mol. The molecule has 0 aliphatic carbocycles. The van der Waals surface area contributed by atoms with Crippen LogP contribution in [-0.2, 0) is 12.8 Å². The second-order valence-corrected chi connectivity index (χ2v) is 8.83. The van der Waals surface area contributed by atoms with Gasteiger partial charge in [-0.3, -0.25) is 0 Å². The average molecular weight is 516 g/mol. The second kappa shape index (κ2) is 12.7. The van der Waals surface area contributed by atoms with Crippen LogP contribution in [0.1, 0.15) is 48.2 Å². The van der Waals surface area contributed by atoms with E-state index in [4.69, 9.17) is 14.2 Å². The van der Waals surface area contributed by atoms with Crippen LogP contribution in [0.2, 0.25) is 0 Å². The molecule has 1 aromatic heterocycles. The van der Waals surface area contributed by atoms with Gasteiger partial charge in [0.05, 0.1) is 18.9 Å². The summed E-state index contributed by atoms with van der Waals surface area (Å²) in [5, 5.41) is 20.0. The summed E-state index contributed by atoms with van der Waals surface area (Å²) < 4.78 is 20.0. The maximum atomic E-state index is 11.6. The number of hydrogen-bond donors (Lipinski definition) is 2. The standard InChI is InChI=1S/C31H33NO6/c1-3-11-23-27(14-9-15-28(23)38-29-13-6-5-12-24(29)31(34)35)36-18-10-19-37-30-21-26(33)25(20-22(30)4-2)32-16-7-8-17-32/h5-9,12-17,20-21,33H,3-4,10-11,18-19H2,1-2H3,(H,34,35). The lowest BCUT2D eigenvalue weighted by Crippen LogP contribution is -2.08. The molecular weight excluding hydrogens is 482 g/mol. The number of aromatic nitrogens is 1. The van der Waals surface area contributed by atoms with Crippen molar-refractivity contribution in [2.45, 2.75) is 39.5 Å². The smallest absolute Gasteiger partial charge is 0.339 e. The third-order valence-corrected chi connectivity index (χ3v) is 6.15. The fourth-order valence-corrected chi connectivity index (χ4v) is 4.26. The van der Waals surface area contributed by atoms with Crippen LogP contribution >= 0.6 is 0 Å². The minimum Gasteiger partial charge on any atom is -0.506 e. The Morgan fingerprint density at radius 1 is 0.842 bits per heavy atom. The van der Waals surface area contributed by atoms with Crippen LogP contribution in [0.5, 0.6) is 28.7 Å². The molecule has 0 fully saturated rings. The Morgan fingerprint density at radius 3 is 2.24 bits per heavy atom. The molecule has 3 aromatic carbocycles. The summed E-state index contributed by atoms with van der Waals surface area (Å²) >= 11 is 0. The van der Waals surface area contributed by atoms with E-state index in [1.807, 2.05) is 53.4 Å². The van der Waals surface area contributed by atoms with E-state index in [-0.39, 0.29) is 11.3 Å². The van der Waals surface area contributed by atoms with Crippen LogP contribution in [0.25, 0.3) is 5.69 Å². The topological polar surface area (TPSA) is 90.1 Å². The number of ether oxygens (including phenoxy) is 3. The van der Waals surface area contributed by atoms with Gasteiger partial charge in [0.1, 0.15) is 34.3 Å². The highest BCUT2D eigenvalue weighted by molar-refractivity contribution is 5.91. The van der Waals surface area contributed by atoms with Gasteiger partial charge in [-0.2, -0.15) is 0 Å². The molecule has 4 aromatic rings. The number of carboxylic acids is 1. The van der Waals surface area contributed by atoms with Gasteiger partial charge in [0.2, 0.25) is 0 Å². The number of carbonyl (C=O) groups is 1. The van der Waals surface area contributed by atoms with Crippen molar-refractivity contribution in [1.82, 2.24) is 4.57 Å². The monoisotopic (exact) mass is 515 g/mol. The highest BCUT2D eigenvalue weighted by Gasteiger charge is 2.16. The Hall–Kier alpha value is -4.39. The first-order chi connectivity index (χ1) is 18.5. The molecule has 0 atom stereocenters. The molecule has 0 spiro atoms. The van der Waals surface area contributed by atoms with Gasteiger partial charge >= 0.3 is 5.97 Å². The number of para-hydroxylation sites is 1. The summed E-state index contributed by atoms with van der Waals surface area (Å²) in [6.45, 7) is 4.99. The summed E-state index contributed by atoms with van der Waals surface area (Å²) in [6.07, 6.45) is 6.81. The number of aryl methyl sites for hydroxylation is 1. The minimum absolute atomic E-state index is 0.109. The molecular formula is C31H33NO6. The maximum Gasteiger partial charge on any atom is 0.339 e. The lowest BCUT2D eigenvalue weighted by molar-refractivity contribution is 0.0694. The first-order valence-electron chi connectivity index (χ1n) is 12.9. The predicted octanol–water partition coefficient (Wildman–Crippen LogP) is 7.04. The van der Waals surface area contributed by atoms with E-state index in [9.17, 15) is 15.0 Å². The van der Waals surface area contributed by atoms with Crippen molar-refractivity contribution in [3.63, 3.8) is 0 Å². The van der Waals surface area contributed by atoms with Crippen molar-refractivity contribution in [2.75, 3.05) is 13.2 Å². The van der Waals surface area contributed by atoms with E-state index < -0.39 is 5.97 Å². The molecule has 0 bridgehead atoms. The number of phenols is 1. The highest BCUT2D eigenvalue weighted by Crippen LogP contribution is 2.35. The number of phenolic OH excluding ortho intramolecular Hbond substituents is 1. The van der Waals surface area contributed by atoms with Crippen LogP contribution in [0.3, 0.4) is 0 Å². The van der Waals surface area contributed by atoms with Gasteiger partial charge in [-0.1, -0.05) is 38.5 Å². The normalized spacial score (nSPS) is 10.8. The Labute approximate surface area is 222 Å². The van der Waals surface area contributed by atoms with Gasteiger partial charge in [0.25, 0.3) is 0 Å². The number of nitrogens with zero attached hydrogens (tertiary/aromatic N) is 1. The quantitative estimate of drug-likeness (QED) is 0.186. The number of hydrogen-bond acceptors (Lipinski definition) is 5. The molecule has 0 aliphatic heterocycles. The fourth-order valence-electron chi connectivity index (χ4n) is 4.26. The average Bonchev–Trinajstić information content (AvgIpc) is 3.45. The van der Waals surface area contributed by atoms with E-state index in [2.05, 4.69) is 13.8 Å². The van der Waals surface area contributed by atoms with Crippen molar-refractivity contribution < 1.29 is 29.2 Å². The molecule has 2 N–H and O–H groups in total. The molecule has 38 heavy (non-hydrogen) atoms. The maximum absolute atomic E-state index is 11.6. The number of carboxylic acid groups (broad SMARTS) is 1. The zero-order valence-electron chi connectivity index (χ0n) is 21.7. The second-order valence-electron chi connectivity index (χ2n) is 8.83. The SMILES string of the molecule is CCCc1c(OCCCOc2cc(O)c(-n3cccc3)cc2CC)cccc1Oc1ccccc1C(=O)O. The van der Waals surface area contributed by atoms with Crippen molar-refractivity contribution >= 4 is 5.97 Å². The molecule has 0 unspecified atom stereocenters. The zero-order valence-corrected chi connectivity index (χ0v) is 21.7. The Morgan fingerprint density at radius 2 is 1.53 bits per heavy atom. The highest BCUT2D eigenvalue weighted by atomic mass is 16.5. The fraction of sp³-hybridized carbons (Fsp3) is 0.258. The molecule has 4 rings (SSSR count).